The van der Waals surface area contributed by atoms with E-state index in [1.165, 1.54) is 5.56 Å². The number of epoxide rings is 1. The van der Waals surface area contributed by atoms with Gasteiger partial charge in [0, 0.05) is 12.8 Å². The van der Waals surface area contributed by atoms with Crippen LogP contribution in [-0.2, 0) is 9.47 Å². The molecule has 3 heteroatoms. The Morgan fingerprint density at radius 2 is 1.71 bits per heavy atom. The van der Waals surface area contributed by atoms with Gasteiger partial charge in [-0.05, 0) is 46.8 Å². The van der Waals surface area contributed by atoms with Crippen molar-refractivity contribution in [2.75, 3.05) is 13.2 Å². The number of hydrogen-bond acceptors (Lipinski definition) is 3. The monoisotopic (exact) mass is 292 g/mol. The van der Waals surface area contributed by atoms with Crippen LogP contribution in [0.3, 0.4) is 0 Å². The molecule has 0 amide bonds. The van der Waals surface area contributed by atoms with Crippen molar-refractivity contribution in [1.29, 1.82) is 0 Å². The van der Waals surface area contributed by atoms with E-state index in [0.29, 0.717) is 12.7 Å². The topological polar surface area (TPSA) is 31.0 Å². The van der Waals surface area contributed by atoms with Gasteiger partial charge in [0.15, 0.2) is 0 Å². The summed E-state index contributed by atoms with van der Waals surface area (Å²) in [6.45, 7) is 12.1. The maximum atomic E-state index is 6.06. The van der Waals surface area contributed by atoms with E-state index in [0.717, 1.165) is 25.2 Å². The third kappa shape index (κ3) is 6.06. The van der Waals surface area contributed by atoms with Gasteiger partial charge in [-0.2, -0.15) is 0 Å². The minimum absolute atomic E-state index is 0.124. The summed E-state index contributed by atoms with van der Waals surface area (Å²) in [5.74, 6) is 0.913. The predicted octanol–water partition coefficient (Wildman–Crippen LogP) is 4.13. The van der Waals surface area contributed by atoms with Crippen LogP contribution in [0.2, 0.25) is 0 Å². The quantitative estimate of drug-likeness (QED) is 0.675. The first kappa shape index (κ1) is 16.3. The van der Waals surface area contributed by atoms with E-state index in [1.54, 1.807) is 0 Å². The highest BCUT2D eigenvalue weighted by Crippen LogP contribution is 2.27. The van der Waals surface area contributed by atoms with Crippen molar-refractivity contribution in [2.45, 2.75) is 64.8 Å². The fourth-order valence-corrected chi connectivity index (χ4v) is 2.34. The first-order valence-corrected chi connectivity index (χ1v) is 7.77. The molecule has 1 atom stereocenters. The van der Waals surface area contributed by atoms with Crippen molar-refractivity contribution in [1.82, 2.24) is 0 Å². The third-order valence-electron chi connectivity index (χ3n) is 3.73. The Kier molecular flexibility index (Phi) is 4.95. The molecule has 21 heavy (non-hydrogen) atoms. The summed E-state index contributed by atoms with van der Waals surface area (Å²) in [7, 11) is 0. The molecule has 1 saturated heterocycles. The van der Waals surface area contributed by atoms with Crippen LogP contribution in [0.5, 0.6) is 5.75 Å². The minimum Gasteiger partial charge on any atom is -0.488 e. The number of aryl methyl sites for hydroxylation is 1. The average Bonchev–Trinajstić information content (AvgIpc) is 3.14. The fourth-order valence-electron chi connectivity index (χ4n) is 2.34. The molecule has 0 N–H and O–H groups in total. The maximum absolute atomic E-state index is 6.06. The van der Waals surface area contributed by atoms with Gasteiger partial charge in [0.1, 0.15) is 11.4 Å². The van der Waals surface area contributed by atoms with Crippen LogP contribution in [0, 0.1) is 6.92 Å². The van der Waals surface area contributed by atoms with Crippen LogP contribution >= 0.6 is 0 Å². The van der Waals surface area contributed by atoms with E-state index in [9.17, 15) is 0 Å². The van der Waals surface area contributed by atoms with Gasteiger partial charge in [0.25, 0.3) is 0 Å². The van der Waals surface area contributed by atoms with E-state index < -0.39 is 0 Å². The Bertz CT molecular complexity index is 444. The Hall–Kier alpha value is -1.06. The molecule has 1 aromatic rings. The molecular formula is C18H28O3. The number of rotatable bonds is 8. The second kappa shape index (κ2) is 6.37. The summed E-state index contributed by atoms with van der Waals surface area (Å²) in [6, 6.07) is 8.18. The van der Waals surface area contributed by atoms with Crippen LogP contribution in [0.25, 0.3) is 0 Å². The highest BCUT2D eigenvalue weighted by atomic mass is 16.6. The first-order valence-electron chi connectivity index (χ1n) is 7.77. The third-order valence-corrected chi connectivity index (χ3v) is 3.73. The van der Waals surface area contributed by atoms with Gasteiger partial charge in [-0.25, -0.2) is 0 Å². The highest BCUT2D eigenvalue weighted by Gasteiger charge is 2.32. The van der Waals surface area contributed by atoms with Crippen molar-refractivity contribution < 1.29 is 14.2 Å². The van der Waals surface area contributed by atoms with E-state index in [-0.39, 0.29) is 11.2 Å². The van der Waals surface area contributed by atoms with E-state index >= 15 is 0 Å². The lowest BCUT2D eigenvalue weighted by molar-refractivity contribution is -0.0481. The Labute approximate surface area is 128 Å². The number of benzene rings is 1. The molecule has 0 aromatic heterocycles. The summed E-state index contributed by atoms with van der Waals surface area (Å²) in [5.41, 5.74) is 0.884. The molecule has 0 bridgehead atoms. The largest absolute Gasteiger partial charge is 0.488 e. The lowest BCUT2D eigenvalue weighted by atomic mass is 10.0. The van der Waals surface area contributed by atoms with E-state index in [2.05, 4.69) is 46.8 Å². The molecule has 1 heterocycles. The lowest BCUT2D eigenvalue weighted by Gasteiger charge is -2.30. The van der Waals surface area contributed by atoms with Crippen LogP contribution in [0.4, 0.5) is 0 Å². The molecule has 1 fully saturated rings. The van der Waals surface area contributed by atoms with Gasteiger partial charge in [-0.3, -0.25) is 0 Å². The fraction of sp³-hybridized carbons (Fsp3) is 0.667. The molecule has 0 aliphatic carbocycles. The molecule has 0 spiro atoms. The van der Waals surface area contributed by atoms with Crippen LogP contribution < -0.4 is 4.74 Å². The first-order chi connectivity index (χ1) is 9.76. The van der Waals surface area contributed by atoms with E-state index in [1.807, 2.05) is 12.1 Å². The van der Waals surface area contributed by atoms with E-state index in [4.69, 9.17) is 14.2 Å². The maximum Gasteiger partial charge on any atom is 0.120 e. The highest BCUT2D eigenvalue weighted by molar-refractivity contribution is 5.26. The summed E-state index contributed by atoms with van der Waals surface area (Å²) in [4.78, 5) is 0. The predicted molar refractivity (Wildman–Crippen MR) is 84.9 cm³/mol. The Balaban J connectivity index is 1.76. The molecule has 2 rings (SSSR count). The van der Waals surface area contributed by atoms with Gasteiger partial charge in [-0.15, -0.1) is 0 Å². The minimum atomic E-state index is -0.235. The summed E-state index contributed by atoms with van der Waals surface area (Å²) in [6.07, 6.45) is 2.22. The van der Waals surface area contributed by atoms with Crippen molar-refractivity contribution in [2.24, 2.45) is 0 Å². The smallest absolute Gasteiger partial charge is 0.120 e. The summed E-state index contributed by atoms with van der Waals surface area (Å²) in [5, 5.41) is 0. The van der Waals surface area contributed by atoms with Gasteiger partial charge in [0.05, 0.1) is 24.9 Å². The lowest BCUT2D eigenvalue weighted by Crippen LogP contribution is -2.33. The molecule has 1 aliphatic rings. The SMILES string of the molecule is Cc1ccc(OC(C)(C)CCOC(C)(C)CC2CO2)cc1. The molecule has 3 nitrogen and oxygen atoms in total. The molecule has 118 valence electrons. The van der Waals surface area contributed by atoms with Gasteiger partial charge in [0.2, 0.25) is 0 Å². The molecule has 0 radical (unpaired) electrons. The van der Waals surface area contributed by atoms with Crippen molar-refractivity contribution >= 4 is 0 Å². The average molecular weight is 292 g/mol. The zero-order chi connectivity index (χ0) is 15.5. The normalized spacial score (nSPS) is 18.6. The van der Waals surface area contributed by atoms with Crippen LogP contribution in [0.1, 0.15) is 46.1 Å². The summed E-state index contributed by atoms with van der Waals surface area (Å²) >= 11 is 0. The Morgan fingerprint density at radius 3 is 2.29 bits per heavy atom. The number of hydrogen-bond donors (Lipinski definition) is 0. The van der Waals surface area contributed by atoms with Crippen molar-refractivity contribution in [3.8, 4) is 5.75 Å². The van der Waals surface area contributed by atoms with Crippen molar-refractivity contribution in [3.05, 3.63) is 29.8 Å². The standard InChI is InChI=1S/C18H28O3/c1-14-6-8-15(9-7-14)21-17(2,3)10-11-20-18(4,5)12-16-13-19-16/h6-9,16H,10-13H2,1-5H3. The van der Waals surface area contributed by atoms with Gasteiger partial charge >= 0.3 is 0 Å². The zero-order valence-electron chi connectivity index (χ0n) is 13.9. The van der Waals surface area contributed by atoms with Gasteiger partial charge < -0.3 is 14.2 Å². The van der Waals surface area contributed by atoms with Crippen molar-refractivity contribution in [3.63, 3.8) is 0 Å². The summed E-state index contributed by atoms with van der Waals surface area (Å²) < 4.78 is 17.3. The van der Waals surface area contributed by atoms with Gasteiger partial charge in [-0.1, -0.05) is 17.7 Å². The second-order valence-electron chi connectivity index (χ2n) is 7.19. The Morgan fingerprint density at radius 1 is 1.10 bits per heavy atom. The van der Waals surface area contributed by atoms with Crippen LogP contribution in [0.15, 0.2) is 24.3 Å². The molecule has 1 aromatic carbocycles. The van der Waals surface area contributed by atoms with Crippen LogP contribution in [-0.4, -0.2) is 30.5 Å². The molecule has 1 aliphatic heterocycles. The molecular weight excluding hydrogens is 264 g/mol. The molecule has 1 unspecified atom stereocenters. The zero-order valence-corrected chi connectivity index (χ0v) is 13.9. The molecule has 0 saturated carbocycles. The second-order valence-corrected chi connectivity index (χ2v) is 7.19. The number of ether oxygens (including phenoxy) is 3.